The van der Waals surface area contributed by atoms with Crippen LogP contribution in [0.2, 0.25) is 0 Å². The van der Waals surface area contributed by atoms with Gasteiger partial charge in [-0.2, -0.15) is 0 Å². The first-order valence-corrected chi connectivity index (χ1v) is 11.6. The fourth-order valence-corrected chi connectivity index (χ4v) is 3.26. The number of methoxy groups -OCH3 is 1. The molecule has 3 amide bonds. The number of carbonyl (C=O) groups excluding carboxylic acids is 3. The molecule has 0 aliphatic rings. The summed E-state index contributed by atoms with van der Waals surface area (Å²) in [6.07, 6.45) is -0.760. The van der Waals surface area contributed by atoms with Crippen molar-refractivity contribution in [2.45, 2.75) is 6.61 Å². The maximum atomic E-state index is 12.8. The summed E-state index contributed by atoms with van der Waals surface area (Å²) >= 11 is 0. The molecule has 0 fully saturated rings. The van der Waals surface area contributed by atoms with Crippen LogP contribution in [0.1, 0.15) is 37.0 Å². The Labute approximate surface area is 227 Å². The molecule has 1 aromatic carbocycles. The molecule has 4 N–H and O–H groups in total. The van der Waals surface area contributed by atoms with Crippen LogP contribution in [0.3, 0.4) is 0 Å². The number of carbonyl (C=O) groups is 4. The number of aromatic carboxylic acids is 1. The summed E-state index contributed by atoms with van der Waals surface area (Å²) in [4.78, 5) is 60.7. The van der Waals surface area contributed by atoms with Gasteiger partial charge in [-0.05, 0) is 54.1 Å². The molecule has 0 atom stereocenters. The highest BCUT2D eigenvalue weighted by Crippen LogP contribution is 2.14. The normalized spacial score (nSPS) is 10.2. The summed E-state index contributed by atoms with van der Waals surface area (Å²) in [6, 6.07) is 20.0. The van der Waals surface area contributed by atoms with Crippen LogP contribution in [0.5, 0.6) is 5.75 Å². The molecule has 0 saturated carbocycles. The van der Waals surface area contributed by atoms with E-state index in [0.717, 1.165) is 5.56 Å². The van der Waals surface area contributed by atoms with E-state index < -0.39 is 23.9 Å². The average molecular weight is 543 g/mol. The number of carboxylic acid groups (broad SMARTS) is 1. The first kappa shape index (κ1) is 27.2. The van der Waals surface area contributed by atoms with Crippen molar-refractivity contribution in [2.24, 2.45) is 0 Å². The highest BCUT2D eigenvalue weighted by molar-refractivity contribution is 6.05. The Morgan fingerprint density at radius 3 is 1.65 bits per heavy atom. The number of rotatable bonds is 9. The molecule has 13 nitrogen and oxygen atoms in total. The van der Waals surface area contributed by atoms with Crippen molar-refractivity contribution in [2.75, 3.05) is 23.1 Å². The predicted octanol–water partition coefficient (Wildman–Crippen LogP) is 3.83. The van der Waals surface area contributed by atoms with Gasteiger partial charge >= 0.3 is 12.1 Å². The van der Waals surface area contributed by atoms with Crippen molar-refractivity contribution in [3.63, 3.8) is 0 Å². The summed E-state index contributed by atoms with van der Waals surface area (Å²) in [5, 5.41) is 16.5. The topological polar surface area (TPSA) is 182 Å². The lowest BCUT2D eigenvalue weighted by molar-refractivity contribution is 0.0690. The molecule has 202 valence electrons. The molecule has 0 aliphatic carbocycles. The highest BCUT2D eigenvalue weighted by Gasteiger charge is 2.14. The number of pyridine rings is 3. The average Bonchev–Trinajstić information content (AvgIpc) is 2.96. The maximum absolute atomic E-state index is 12.8. The lowest BCUT2D eigenvalue weighted by atomic mass is 10.2. The zero-order valence-electron chi connectivity index (χ0n) is 21.0. The zero-order valence-corrected chi connectivity index (χ0v) is 21.0. The predicted molar refractivity (Wildman–Crippen MR) is 142 cm³/mol. The second-order valence-electron chi connectivity index (χ2n) is 7.99. The van der Waals surface area contributed by atoms with Gasteiger partial charge in [-0.1, -0.05) is 30.3 Å². The van der Waals surface area contributed by atoms with Gasteiger partial charge < -0.3 is 25.2 Å². The van der Waals surface area contributed by atoms with Crippen molar-refractivity contribution in [3.8, 4) is 5.75 Å². The summed E-state index contributed by atoms with van der Waals surface area (Å²) in [5.74, 6) is -1.69. The summed E-state index contributed by atoms with van der Waals surface area (Å²) in [5.41, 5.74) is 0.439. The third-order valence-electron chi connectivity index (χ3n) is 5.17. The van der Waals surface area contributed by atoms with Gasteiger partial charge in [0.05, 0.1) is 7.11 Å². The van der Waals surface area contributed by atoms with Gasteiger partial charge in [-0.15, -0.1) is 0 Å². The third-order valence-corrected chi connectivity index (χ3v) is 5.17. The van der Waals surface area contributed by atoms with Crippen molar-refractivity contribution in [1.82, 2.24) is 15.0 Å². The molecular formula is C27H22N6O7. The lowest BCUT2D eigenvalue weighted by Crippen LogP contribution is -2.19. The fraction of sp³-hybridized carbons (Fsp3) is 0.0741. The molecular weight excluding hydrogens is 520 g/mol. The number of amides is 3. The minimum absolute atomic E-state index is 0.0205. The van der Waals surface area contributed by atoms with Crippen LogP contribution in [-0.4, -0.2) is 51.0 Å². The Bertz CT molecular complexity index is 1560. The number of carboxylic acids is 1. The second-order valence-corrected chi connectivity index (χ2v) is 7.99. The first-order valence-electron chi connectivity index (χ1n) is 11.6. The molecule has 0 bridgehead atoms. The van der Waals surface area contributed by atoms with Crippen LogP contribution in [0.25, 0.3) is 0 Å². The van der Waals surface area contributed by atoms with Crippen molar-refractivity contribution < 1.29 is 33.8 Å². The Kier molecular flexibility index (Phi) is 8.56. The molecule has 0 aliphatic heterocycles. The molecule has 0 radical (unpaired) electrons. The third kappa shape index (κ3) is 7.35. The van der Waals surface area contributed by atoms with Crippen LogP contribution < -0.4 is 20.7 Å². The van der Waals surface area contributed by atoms with E-state index in [1.165, 1.54) is 54.6 Å². The Morgan fingerprint density at radius 1 is 0.675 bits per heavy atom. The van der Waals surface area contributed by atoms with Crippen molar-refractivity contribution in [3.05, 3.63) is 102 Å². The monoisotopic (exact) mass is 542 g/mol. The van der Waals surface area contributed by atoms with Crippen LogP contribution in [0, 0.1) is 0 Å². The number of benzene rings is 1. The van der Waals surface area contributed by atoms with Crippen LogP contribution in [-0.2, 0) is 11.3 Å². The number of nitrogens with one attached hydrogen (secondary N) is 3. The van der Waals surface area contributed by atoms with E-state index in [0.29, 0.717) is 5.75 Å². The molecule has 3 aromatic heterocycles. The van der Waals surface area contributed by atoms with E-state index >= 15 is 0 Å². The Balaban J connectivity index is 1.35. The van der Waals surface area contributed by atoms with Crippen molar-refractivity contribution in [1.29, 1.82) is 0 Å². The van der Waals surface area contributed by atoms with Gasteiger partial charge in [0.15, 0.2) is 5.69 Å². The minimum Gasteiger partial charge on any atom is -0.497 e. The minimum atomic E-state index is -1.24. The van der Waals surface area contributed by atoms with Gasteiger partial charge in [0.1, 0.15) is 41.2 Å². The number of hydrogen-bond acceptors (Lipinski definition) is 9. The van der Waals surface area contributed by atoms with E-state index in [1.807, 2.05) is 0 Å². The number of aromatic nitrogens is 3. The SMILES string of the molecule is COc1ccc(COC(=O)Nc2cccc(C(=O)Nc3cccc(C(=O)Nc4cccc(C(=O)O)n4)n3)n2)cc1. The number of anilines is 3. The van der Waals surface area contributed by atoms with Gasteiger partial charge in [0.2, 0.25) is 0 Å². The molecule has 4 aromatic rings. The van der Waals surface area contributed by atoms with Crippen LogP contribution in [0.4, 0.5) is 22.2 Å². The summed E-state index contributed by atoms with van der Waals surface area (Å²) in [7, 11) is 1.55. The van der Waals surface area contributed by atoms with Gasteiger partial charge in [0.25, 0.3) is 11.8 Å². The van der Waals surface area contributed by atoms with E-state index in [4.69, 9.17) is 14.6 Å². The van der Waals surface area contributed by atoms with E-state index in [-0.39, 0.29) is 41.1 Å². The molecule has 40 heavy (non-hydrogen) atoms. The Morgan fingerprint density at radius 2 is 1.15 bits per heavy atom. The molecule has 4 rings (SSSR count). The molecule has 13 heteroatoms. The second kappa shape index (κ2) is 12.6. The van der Waals surface area contributed by atoms with Crippen LogP contribution >= 0.6 is 0 Å². The number of nitrogens with zero attached hydrogens (tertiary/aromatic N) is 3. The summed E-state index contributed by atoms with van der Waals surface area (Å²) < 4.78 is 10.3. The van der Waals surface area contributed by atoms with Gasteiger partial charge in [0, 0.05) is 0 Å². The molecule has 0 saturated heterocycles. The number of hydrogen-bond donors (Lipinski definition) is 4. The molecule has 0 unspecified atom stereocenters. The van der Waals surface area contributed by atoms with E-state index in [1.54, 1.807) is 31.4 Å². The molecule has 0 spiro atoms. The van der Waals surface area contributed by atoms with Crippen molar-refractivity contribution >= 4 is 41.3 Å². The van der Waals surface area contributed by atoms with Gasteiger partial charge in [-0.3, -0.25) is 14.9 Å². The van der Waals surface area contributed by atoms with E-state index in [9.17, 15) is 19.2 Å². The first-order chi connectivity index (χ1) is 19.3. The number of ether oxygens (including phenoxy) is 2. The fourth-order valence-electron chi connectivity index (χ4n) is 3.26. The standard InChI is InChI=1S/C27H22N6O7/c1-39-17-13-11-16(12-14-17)15-40-27(38)33-23-10-3-6-19(29-23)25(35)31-21-8-2-5-18(28-21)24(34)32-22-9-4-7-20(30-22)26(36)37/h2-14H,15H2,1H3,(H,36,37)(H,28,31,35)(H,29,33,38)(H,30,32,34). The highest BCUT2D eigenvalue weighted by atomic mass is 16.5. The lowest BCUT2D eigenvalue weighted by Gasteiger charge is -2.09. The smallest absolute Gasteiger partial charge is 0.413 e. The zero-order chi connectivity index (χ0) is 28.5. The maximum Gasteiger partial charge on any atom is 0.413 e. The Hall–Kier alpha value is -5.85. The molecule has 3 heterocycles. The summed E-state index contributed by atoms with van der Waals surface area (Å²) in [6.45, 7) is 0.0205. The van der Waals surface area contributed by atoms with Crippen LogP contribution in [0.15, 0.2) is 78.9 Å². The van der Waals surface area contributed by atoms with E-state index in [2.05, 4.69) is 30.9 Å². The van der Waals surface area contributed by atoms with Gasteiger partial charge in [-0.25, -0.2) is 24.5 Å². The quantitative estimate of drug-likeness (QED) is 0.242. The largest absolute Gasteiger partial charge is 0.497 e.